The Balaban J connectivity index is 1.60. The number of esters is 2. The number of ketones is 2. The summed E-state index contributed by atoms with van der Waals surface area (Å²) in [6.45, 7) is 0.182. The van der Waals surface area contributed by atoms with Gasteiger partial charge in [-0.2, -0.15) is 0 Å². The first-order chi connectivity index (χ1) is 17.9. The van der Waals surface area contributed by atoms with E-state index in [1.807, 2.05) is 64.1 Å². The Morgan fingerprint density at radius 3 is 2.35 bits per heavy atom. The fourth-order valence-electron chi connectivity index (χ4n) is 3.82. The first kappa shape index (κ1) is 26.8. The number of para-hydroxylation sites is 2. The van der Waals surface area contributed by atoms with Crippen LogP contribution < -0.4 is 13.9 Å². The van der Waals surface area contributed by atoms with Crippen LogP contribution in [0.5, 0.6) is 0 Å². The van der Waals surface area contributed by atoms with Crippen LogP contribution in [0.15, 0.2) is 65.3 Å². The number of carbonyl (C=O) groups excluding carboxylic acids is 4. The molecule has 2 heterocycles. The quantitative estimate of drug-likeness (QED) is 0.144. The van der Waals surface area contributed by atoms with Crippen molar-refractivity contribution in [1.29, 1.82) is 0 Å². The predicted octanol–water partition coefficient (Wildman–Crippen LogP) is 1.15. The number of ether oxygens (including phenoxy) is 2. The van der Waals surface area contributed by atoms with Crippen LogP contribution in [0.25, 0.3) is 15.9 Å². The Hall–Kier alpha value is -3.29. The van der Waals surface area contributed by atoms with Crippen molar-refractivity contribution in [3.05, 3.63) is 69.8 Å². The van der Waals surface area contributed by atoms with Gasteiger partial charge in [0.2, 0.25) is 0 Å². The van der Waals surface area contributed by atoms with Crippen molar-refractivity contribution >= 4 is 79.0 Å². The molecule has 3 aromatic rings. The van der Waals surface area contributed by atoms with Gasteiger partial charge in [0.05, 0.1) is 0 Å². The molecule has 0 N–H and O–H groups in total. The molecule has 0 atom stereocenters. The first-order valence-corrected chi connectivity index (χ1v) is 14.8. The second-order valence-electron chi connectivity index (χ2n) is 8.10. The third-order valence-corrected chi connectivity index (χ3v) is 10.3. The summed E-state index contributed by atoms with van der Waals surface area (Å²) in [6.07, 6.45) is 5.40. The molecule has 37 heavy (non-hydrogen) atoms. The Kier molecular flexibility index (Phi) is 8.90. The number of aromatic nitrogens is 1. The van der Waals surface area contributed by atoms with E-state index < -0.39 is 11.9 Å². The second kappa shape index (κ2) is 12.3. The second-order valence-corrected chi connectivity index (χ2v) is 12.6. The van der Waals surface area contributed by atoms with Crippen LogP contribution in [-0.2, 0) is 35.2 Å². The van der Waals surface area contributed by atoms with Gasteiger partial charge in [-0.15, -0.1) is 0 Å². The number of Topliss-reactive ketones (excluding diaryl/α,β-unsaturated/α-hetero) is 2. The first-order valence-electron chi connectivity index (χ1n) is 11.4. The molecular weight excluding hydrogens is 606 g/mol. The molecule has 10 heteroatoms. The minimum atomic E-state index is -0.547. The minimum absolute atomic E-state index is 0.00288. The topological polar surface area (TPSA) is 93.9 Å². The van der Waals surface area contributed by atoms with Gasteiger partial charge < -0.3 is 0 Å². The molecule has 4 rings (SSSR count). The van der Waals surface area contributed by atoms with Crippen molar-refractivity contribution in [2.45, 2.75) is 19.4 Å². The maximum atomic E-state index is 12.5. The zero-order chi connectivity index (χ0) is 26.4. The molecule has 0 unspecified atom stereocenters. The summed E-state index contributed by atoms with van der Waals surface area (Å²) in [7, 11) is 2.54. The van der Waals surface area contributed by atoms with E-state index in [-0.39, 0.29) is 67.0 Å². The molecule has 8 nitrogen and oxygen atoms in total. The number of nitrogens with zero attached hydrogens (tertiary/aromatic N) is 2. The molecule has 0 saturated carbocycles. The third-order valence-electron chi connectivity index (χ3n) is 5.56. The van der Waals surface area contributed by atoms with Crippen LogP contribution in [0.4, 0.5) is 5.69 Å². The normalized spacial score (nSPS) is 13.8. The van der Waals surface area contributed by atoms with Crippen LogP contribution in [-0.4, -0.2) is 73.7 Å². The number of rotatable bonds is 10. The summed E-state index contributed by atoms with van der Waals surface area (Å²) in [5.41, 5.74) is 1.95. The number of anilines is 1. The van der Waals surface area contributed by atoms with Gasteiger partial charge in [-0.3, -0.25) is 0 Å². The average Bonchev–Trinajstić information content (AvgIpc) is 3.41. The van der Waals surface area contributed by atoms with Gasteiger partial charge in [0.1, 0.15) is 0 Å². The SMILES string of the molecule is COC(=O)CC(=O)CN1C(=CC=Cc2[se]c3ccccc3[n+]2CC(=O)CC(=O)OC)[Se]c2ccccc21. The van der Waals surface area contributed by atoms with E-state index >= 15 is 0 Å². The predicted molar refractivity (Wildman–Crippen MR) is 141 cm³/mol. The number of hydrogen-bond donors (Lipinski definition) is 0. The van der Waals surface area contributed by atoms with Crippen molar-refractivity contribution < 1.29 is 33.2 Å². The molecule has 0 spiro atoms. The van der Waals surface area contributed by atoms with Gasteiger partial charge in [-0.25, -0.2) is 0 Å². The molecule has 190 valence electrons. The molecule has 0 amide bonds. The van der Waals surface area contributed by atoms with Crippen molar-refractivity contribution in [2.75, 3.05) is 25.7 Å². The molecule has 1 aliphatic heterocycles. The monoisotopic (exact) mass is 633 g/mol. The van der Waals surface area contributed by atoms with Crippen LogP contribution in [0.2, 0.25) is 0 Å². The Bertz CT molecular complexity index is 1430. The van der Waals surface area contributed by atoms with E-state index in [4.69, 9.17) is 0 Å². The summed E-state index contributed by atoms with van der Waals surface area (Å²) in [4.78, 5) is 50.2. The van der Waals surface area contributed by atoms with E-state index in [1.54, 1.807) is 0 Å². The Labute approximate surface area is 226 Å². The molecular formula is C27H25N2O6Se2+. The molecule has 1 aliphatic rings. The van der Waals surface area contributed by atoms with Gasteiger partial charge in [0.15, 0.2) is 0 Å². The number of carbonyl (C=O) groups is 4. The van der Waals surface area contributed by atoms with Gasteiger partial charge in [-0.1, -0.05) is 0 Å². The molecule has 0 bridgehead atoms. The van der Waals surface area contributed by atoms with Crippen molar-refractivity contribution in [3.8, 4) is 0 Å². The number of fused-ring (bicyclic) bond motifs is 2. The Morgan fingerprint density at radius 2 is 1.59 bits per heavy atom. The van der Waals surface area contributed by atoms with E-state index in [1.165, 1.54) is 22.9 Å². The summed E-state index contributed by atoms with van der Waals surface area (Å²) in [6, 6.07) is 15.9. The zero-order valence-corrected chi connectivity index (χ0v) is 23.8. The fourth-order valence-corrected chi connectivity index (χ4v) is 8.33. The van der Waals surface area contributed by atoms with Gasteiger partial charge in [0, 0.05) is 0 Å². The van der Waals surface area contributed by atoms with Crippen LogP contribution >= 0.6 is 0 Å². The molecule has 0 saturated heterocycles. The van der Waals surface area contributed by atoms with Gasteiger partial charge >= 0.3 is 227 Å². The summed E-state index contributed by atoms with van der Waals surface area (Å²) in [5.74, 6) is -1.52. The standard InChI is InChI=1S/C27H25N2O6Se2/c1-34-26(32)14-18(30)16-28-20-8-3-5-10-22(20)36-24(28)12-7-13-25-29(17-19(31)15-27(33)35-2)21-9-4-6-11-23(21)37-25/h3-13H,14-17H2,1-2H3/q+1. The fraction of sp³-hybridized carbons (Fsp3) is 0.222. The van der Waals surface area contributed by atoms with E-state index in [2.05, 4.69) is 21.6 Å². The van der Waals surface area contributed by atoms with Crippen molar-refractivity contribution in [3.63, 3.8) is 0 Å². The van der Waals surface area contributed by atoms with E-state index in [0.717, 1.165) is 20.4 Å². The van der Waals surface area contributed by atoms with Gasteiger partial charge in [-0.05, 0) is 0 Å². The maximum absolute atomic E-state index is 12.5. The molecule has 0 aliphatic carbocycles. The van der Waals surface area contributed by atoms with Crippen LogP contribution in [0.3, 0.4) is 0 Å². The number of hydrogen-bond acceptors (Lipinski definition) is 7. The molecule has 0 fully saturated rings. The zero-order valence-electron chi connectivity index (χ0n) is 20.3. The Morgan fingerprint density at radius 1 is 0.919 bits per heavy atom. The van der Waals surface area contributed by atoms with E-state index in [0.29, 0.717) is 0 Å². The van der Waals surface area contributed by atoms with Crippen molar-refractivity contribution in [1.82, 2.24) is 0 Å². The summed E-state index contributed by atoms with van der Waals surface area (Å²) in [5, 5.41) is 0. The number of allylic oxidation sites excluding steroid dienone is 2. The summed E-state index contributed by atoms with van der Waals surface area (Å²) >= 11 is -0.00576. The molecule has 0 radical (unpaired) electrons. The van der Waals surface area contributed by atoms with Gasteiger partial charge in [0.25, 0.3) is 0 Å². The number of methoxy groups -OCH3 is 2. The number of benzene rings is 2. The third kappa shape index (κ3) is 6.53. The van der Waals surface area contributed by atoms with E-state index in [9.17, 15) is 19.2 Å². The van der Waals surface area contributed by atoms with Crippen LogP contribution in [0, 0.1) is 0 Å². The van der Waals surface area contributed by atoms with Crippen molar-refractivity contribution in [2.24, 2.45) is 0 Å². The summed E-state index contributed by atoms with van der Waals surface area (Å²) < 4.78 is 15.6. The average molecular weight is 631 g/mol. The molecule has 2 aromatic carbocycles. The van der Waals surface area contributed by atoms with Crippen LogP contribution in [0.1, 0.15) is 17.4 Å². The molecule has 1 aromatic heterocycles.